The van der Waals surface area contributed by atoms with Crippen molar-refractivity contribution in [3.8, 4) is 0 Å². The summed E-state index contributed by atoms with van der Waals surface area (Å²) in [6, 6.07) is 20.2. The summed E-state index contributed by atoms with van der Waals surface area (Å²) in [6.07, 6.45) is 0. The van der Waals surface area contributed by atoms with Crippen LogP contribution in [0.15, 0.2) is 84.4 Å². The Balaban J connectivity index is 1.98. The van der Waals surface area contributed by atoms with Crippen LogP contribution in [0, 0.1) is 17.0 Å². The summed E-state index contributed by atoms with van der Waals surface area (Å²) in [7, 11) is 0. The first-order chi connectivity index (χ1) is 14.9. The molecule has 0 spiro atoms. The van der Waals surface area contributed by atoms with Gasteiger partial charge in [0.05, 0.1) is 16.5 Å². The molecule has 1 aliphatic heterocycles. The number of hydrogen-bond donors (Lipinski definition) is 1. The lowest BCUT2D eigenvalue weighted by Crippen LogP contribution is -2.29. The Labute approximate surface area is 178 Å². The van der Waals surface area contributed by atoms with Gasteiger partial charge in [-0.25, -0.2) is 0 Å². The number of hydrogen-bond acceptors (Lipinski definition) is 5. The number of carbonyl (C=O) groups excluding carboxylic acids is 2. The van der Waals surface area contributed by atoms with Crippen LogP contribution in [0.25, 0.3) is 5.76 Å². The summed E-state index contributed by atoms with van der Waals surface area (Å²) in [5.41, 5.74) is 1.78. The Morgan fingerprint density at radius 3 is 2.35 bits per heavy atom. The van der Waals surface area contributed by atoms with Crippen LogP contribution >= 0.6 is 0 Å². The zero-order valence-electron chi connectivity index (χ0n) is 16.6. The highest BCUT2D eigenvalue weighted by atomic mass is 16.6. The van der Waals surface area contributed by atoms with Gasteiger partial charge in [-0.3, -0.25) is 24.6 Å². The van der Waals surface area contributed by atoms with Crippen LogP contribution in [-0.2, 0) is 9.59 Å². The van der Waals surface area contributed by atoms with E-state index < -0.39 is 22.7 Å². The number of rotatable bonds is 4. The molecule has 0 aliphatic carbocycles. The minimum Gasteiger partial charge on any atom is -0.507 e. The first kappa shape index (κ1) is 20.0. The molecule has 1 saturated heterocycles. The van der Waals surface area contributed by atoms with Crippen LogP contribution in [0.4, 0.5) is 11.4 Å². The molecule has 0 saturated carbocycles. The number of ketones is 1. The standard InChI is InChI=1S/C24H18N2O5/c1-15-7-5-11-18(13-15)25-21(17-10-6-12-19(14-17)26(30)31)20(23(28)24(25)29)22(27)16-8-3-2-4-9-16/h2-14,21,27H,1H3/b22-20+/t21-/m0/s1. The van der Waals surface area contributed by atoms with Crippen molar-refractivity contribution in [2.45, 2.75) is 13.0 Å². The maximum absolute atomic E-state index is 13.1. The van der Waals surface area contributed by atoms with Crippen molar-refractivity contribution >= 4 is 28.8 Å². The molecule has 4 rings (SSSR count). The minimum atomic E-state index is -1.01. The average Bonchev–Trinajstić information content (AvgIpc) is 3.04. The number of Topliss-reactive ketones (excluding diaryl/α,β-unsaturated/α-hetero) is 1. The number of aliphatic hydroxyl groups is 1. The van der Waals surface area contributed by atoms with Crippen molar-refractivity contribution < 1.29 is 19.6 Å². The van der Waals surface area contributed by atoms with Gasteiger partial charge in [0.15, 0.2) is 0 Å². The van der Waals surface area contributed by atoms with Gasteiger partial charge in [0.2, 0.25) is 0 Å². The maximum Gasteiger partial charge on any atom is 0.300 e. The van der Waals surface area contributed by atoms with Gasteiger partial charge in [-0.2, -0.15) is 0 Å². The van der Waals surface area contributed by atoms with E-state index in [9.17, 15) is 24.8 Å². The third-order valence-corrected chi connectivity index (χ3v) is 5.17. The molecule has 7 nitrogen and oxygen atoms in total. The Morgan fingerprint density at radius 1 is 0.968 bits per heavy atom. The molecule has 154 valence electrons. The van der Waals surface area contributed by atoms with E-state index in [-0.39, 0.29) is 17.0 Å². The van der Waals surface area contributed by atoms with Crippen LogP contribution in [-0.4, -0.2) is 21.7 Å². The van der Waals surface area contributed by atoms with Gasteiger partial charge in [-0.05, 0) is 30.2 Å². The highest BCUT2D eigenvalue weighted by molar-refractivity contribution is 6.51. The SMILES string of the molecule is Cc1cccc(N2C(=O)C(=O)/C(=C(/O)c3ccccc3)[C@@H]2c2cccc([N+](=O)[O-])c2)c1. The maximum atomic E-state index is 13.1. The quantitative estimate of drug-likeness (QED) is 0.222. The molecule has 0 radical (unpaired) electrons. The van der Waals surface area contributed by atoms with Crippen LogP contribution < -0.4 is 4.90 Å². The normalized spacial score (nSPS) is 17.7. The van der Waals surface area contributed by atoms with Crippen LogP contribution in [0.3, 0.4) is 0 Å². The lowest BCUT2D eigenvalue weighted by molar-refractivity contribution is -0.384. The Kier molecular flexibility index (Phi) is 5.09. The summed E-state index contributed by atoms with van der Waals surface area (Å²) in [6.45, 7) is 1.85. The van der Waals surface area contributed by atoms with Crippen molar-refractivity contribution in [1.29, 1.82) is 0 Å². The summed E-state index contributed by atoms with van der Waals surface area (Å²) in [5.74, 6) is -1.98. The fourth-order valence-corrected chi connectivity index (χ4v) is 3.75. The molecule has 1 heterocycles. The van der Waals surface area contributed by atoms with Gasteiger partial charge in [0.1, 0.15) is 5.76 Å². The highest BCUT2D eigenvalue weighted by Gasteiger charge is 2.47. The number of aryl methyl sites for hydroxylation is 1. The molecule has 1 N–H and O–H groups in total. The topological polar surface area (TPSA) is 101 Å². The molecule has 3 aromatic carbocycles. The summed E-state index contributed by atoms with van der Waals surface area (Å²) < 4.78 is 0. The van der Waals surface area contributed by atoms with Gasteiger partial charge < -0.3 is 5.11 Å². The number of nitro benzene ring substituents is 1. The van der Waals surface area contributed by atoms with Gasteiger partial charge in [-0.1, -0.05) is 54.6 Å². The fraction of sp³-hybridized carbons (Fsp3) is 0.0833. The fourth-order valence-electron chi connectivity index (χ4n) is 3.75. The number of amides is 1. The third-order valence-electron chi connectivity index (χ3n) is 5.17. The molecule has 0 aromatic heterocycles. The summed E-state index contributed by atoms with van der Waals surface area (Å²) in [5, 5.41) is 22.3. The molecule has 31 heavy (non-hydrogen) atoms. The van der Waals surface area contributed by atoms with Crippen molar-refractivity contribution in [3.05, 3.63) is 111 Å². The van der Waals surface area contributed by atoms with E-state index in [1.54, 1.807) is 54.6 Å². The predicted octanol–water partition coefficient (Wildman–Crippen LogP) is 4.53. The Hall–Kier alpha value is -4.26. The number of aliphatic hydroxyl groups excluding tert-OH is 1. The molecular weight excluding hydrogens is 396 g/mol. The molecule has 7 heteroatoms. The molecule has 1 amide bonds. The third kappa shape index (κ3) is 3.57. The smallest absolute Gasteiger partial charge is 0.300 e. The zero-order chi connectivity index (χ0) is 22.1. The van der Waals surface area contributed by atoms with E-state index in [0.29, 0.717) is 16.8 Å². The van der Waals surface area contributed by atoms with Crippen LogP contribution in [0.1, 0.15) is 22.7 Å². The van der Waals surface area contributed by atoms with E-state index >= 15 is 0 Å². The van der Waals surface area contributed by atoms with E-state index in [4.69, 9.17) is 0 Å². The predicted molar refractivity (Wildman–Crippen MR) is 116 cm³/mol. The Bertz CT molecular complexity index is 1230. The largest absolute Gasteiger partial charge is 0.507 e. The van der Waals surface area contributed by atoms with Crippen molar-refractivity contribution in [2.75, 3.05) is 4.90 Å². The highest BCUT2D eigenvalue weighted by Crippen LogP contribution is 2.42. The summed E-state index contributed by atoms with van der Waals surface area (Å²) >= 11 is 0. The van der Waals surface area contributed by atoms with E-state index in [0.717, 1.165) is 5.56 Å². The molecule has 0 unspecified atom stereocenters. The second-order valence-corrected chi connectivity index (χ2v) is 7.23. The zero-order valence-corrected chi connectivity index (χ0v) is 16.6. The number of non-ortho nitro benzene ring substituents is 1. The molecule has 1 atom stereocenters. The first-order valence-corrected chi connectivity index (χ1v) is 9.56. The minimum absolute atomic E-state index is 0.113. The molecule has 0 bridgehead atoms. The Morgan fingerprint density at radius 2 is 1.68 bits per heavy atom. The number of nitro groups is 1. The van der Waals surface area contributed by atoms with E-state index in [2.05, 4.69) is 0 Å². The molecule has 3 aromatic rings. The molecular formula is C24H18N2O5. The van der Waals surface area contributed by atoms with Crippen molar-refractivity contribution in [2.24, 2.45) is 0 Å². The number of carbonyl (C=O) groups is 2. The molecule has 1 fully saturated rings. The lowest BCUT2D eigenvalue weighted by Gasteiger charge is -2.25. The summed E-state index contributed by atoms with van der Waals surface area (Å²) in [4.78, 5) is 38.2. The average molecular weight is 414 g/mol. The van der Waals surface area contributed by atoms with Gasteiger partial charge in [0, 0.05) is 23.4 Å². The van der Waals surface area contributed by atoms with Crippen LogP contribution in [0.2, 0.25) is 0 Å². The number of anilines is 1. The monoisotopic (exact) mass is 414 g/mol. The number of benzene rings is 3. The van der Waals surface area contributed by atoms with E-state index in [1.165, 1.54) is 23.1 Å². The second-order valence-electron chi connectivity index (χ2n) is 7.23. The van der Waals surface area contributed by atoms with Crippen LogP contribution in [0.5, 0.6) is 0 Å². The van der Waals surface area contributed by atoms with E-state index in [1.807, 2.05) is 13.0 Å². The van der Waals surface area contributed by atoms with Gasteiger partial charge in [0.25, 0.3) is 17.4 Å². The lowest BCUT2D eigenvalue weighted by atomic mass is 9.94. The van der Waals surface area contributed by atoms with Crippen molar-refractivity contribution in [3.63, 3.8) is 0 Å². The van der Waals surface area contributed by atoms with Gasteiger partial charge in [-0.15, -0.1) is 0 Å². The second kappa shape index (κ2) is 7.87. The first-order valence-electron chi connectivity index (χ1n) is 9.56. The van der Waals surface area contributed by atoms with Gasteiger partial charge >= 0.3 is 0 Å². The van der Waals surface area contributed by atoms with Crippen molar-refractivity contribution in [1.82, 2.24) is 0 Å². The number of nitrogens with zero attached hydrogens (tertiary/aromatic N) is 2. The molecule has 1 aliphatic rings.